The van der Waals surface area contributed by atoms with Gasteiger partial charge in [-0.15, -0.1) is 0 Å². The van der Waals surface area contributed by atoms with E-state index in [0.717, 1.165) is 169 Å². The summed E-state index contributed by atoms with van der Waals surface area (Å²) in [6.45, 7) is 0. The predicted octanol–water partition coefficient (Wildman–Crippen LogP) is 24.9. The van der Waals surface area contributed by atoms with Crippen LogP contribution < -0.4 is 0 Å². The number of hydrogen-bond acceptors (Lipinski definition) is 14. The minimum Gasteiger partial charge on any atom is -0.255 e. The van der Waals surface area contributed by atoms with Gasteiger partial charge in [0.1, 0.15) is 0 Å². The van der Waals surface area contributed by atoms with Crippen LogP contribution in [0, 0.1) is 0 Å². The highest BCUT2D eigenvalue weighted by atomic mass is 14.9. The van der Waals surface area contributed by atoms with Gasteiger partial charge in [-0.25, -0.2) is 49.8 Å². The Bertz CT molecular complexity index is 6510. The van der Waals surface area contributed by atoms with Crippen LogP contribution in [0.3, 0.4) is 0 Å². The van der Waals surface area contributed by atoms with E-state index in [0.29, 0.717) is 34.7 Å². The Kier molecular flexibility index (Phi) is 21.0. The maximum Gasteiger partial charge on any atom is 0.161 e. The van der Waals surface area contributed by atoms with Crippen LogP contribution in [0.1, 0.15) is 0 Å². The number of aromatic nitrogens is 14. The normalized spacial score (nSPS) is 11.0. The molecule has 0 aliphatic carbocycles. The Morgan fingerprint density at radius 3 is 0.617 bits per heavy atom. The Morgan fingerprint density at radius 2 is 0.342 bits per heavy atom. The molecule has 0 aliphatic rings. The summed E-state index contributed by atoms with van der Waals surface area (Å²) in [7, 11) is 0. The Hall–Kier alpha value is -16.6. The SMILES string of the molecule is c1ccc(-c2cc(-c3ccccc3)nc(-c3ccc(-c4cc(-c5cccc(-c6nc(-c7ccccc7)cc(-c7ccccc7)n6)c5)cc(-c5ccccn5)n4)nc3)n2)cc1.c1ccc(-c2cc(-c3ccccc3)nc(-c3ccc(-c4cc(-c5ccccn5)nc(-c5ccc(-c6nc(-c7ccccc7)cc(-c7ccccc7)n6)cn5)c4)cc3)n2)cc1. The van der Waals surface area contributed by atoms with Gasteiger partial charge in [-0.05, 0) is 125 Å². The molecule has 14 nitrogen and oxygen atoms in total. The van der Waals surface area contributed by atoms with Crippen LogP contribution in [-0.4, -0.2) is 69.8 Å². The molecule has 0 saturated carbocycles. The second-order valence-electron chi connectivity index (χ2n) is 28.5. The van der Waals surface area contributed by atoms with Crippen molar-refractivity contribution >= 4 is 0 Å². The van der Waals surface area contributed by atoms with Gasteiger partial charge in [0.15, 0.2) is 23.3 Å². The lowest BCUT2D eigenvalue weighted by Crippen LogP contribution is -1.98. The fourth-order valence-electron chi connectivity index (χ4n) is 14.3. The summed E-state index contributed by atoms with van der Waals surface area (Å²) in [5.74, 6) is 2.49. The molecule has 10 aromatic heterocycles. The summed E-state index contributed by atoms with van der Waals surface area (Å²) >= 11 is 0. The van der Waals surface area contributed by atoms with Crippen molar-refractivity contribution in [2.75, 3.05) is 0 Å². The molecule has 0 fully saturated rings. The van der Waals surface area contributed by atoms with Gasteiger partial charge in [0.05, 0.1) is 91.1 Å². The van der Waals surface area contributed by atoms with E-state index >= 15 is 0 Å². The Labute approximate surface area is 694 Å². The van der Waals surface area contributed by atoms with Gasteiger partial charge in [-0.2, -0.15) is 0 Å². The largest absolute Gasteiger partial charge is 0.255 e. The lowest BCUT2D eigenvalue weighted by Gasteiger charge is -2.12. The molecule has 0 unspecified atom stereocenters. The number of pyridine rings is 6. The number of benzene rings is 10. The minimum atomic E-state index is 0.593. The summed E-state index contributed by atoms with van der Waals surface area (Å²) in [6, 6.07) is 134. The van der Waals surface area contributed by atoms with Crippen LogP contribution in [0.2, 0.25) is 0 Å². The summed E-state index contributed by atoms with van der Waals surface area (Å²) in [4.78, 5) is 69.6. The number of hydrogen-bond donors (Lipinski definition) is 0. The molecule has 0 aliphatic heterocycles. The van der Waals surface area contributed by atoms with Gasteiger partial charge in [-0.1, -0.05) is 297 Å². The monoisotopic (exact) mass is 1540 g/mol. The number of rotatable bonds is 18. The van der Waals surface area contributed by atoms with Crippen LogP contribution in [0.25, 0.3) is 203 Å². The molecule has 20 rings (SSSR count). The lowest BCUT2D eigenvalue weighted by molar-refractivity contribution is 1.16. The van der Waals surface area contributed by atoms with E-state index in [-0.39, 0.29) is 0 Å². The topological polar surface area (TPSA) is 180 Å². The second-order valence-corrected chi connectivity index (χ2v) is 28.5. The van der Waals surface area contributed by atoms with Crippen molar-refractivity contribution in [1.82, 2.24) is 69.8 Å². The average Bonchev–Trinajstić information content (AvgIpc) is 0.797. The quantitative estimate of drug-likeness (QED) is 0.0791. The highest BCUT2D eigenvalue weighted by Gasteiger charge is 2.20. The van der Waals surface area contributed by atoms with E-state index in [2.05, 4.69) is 186 Å². The summed E-state index contributed by atoms with van der Waals surface area (Å²) in [5.41, 5.74) is 28.3. The highest BCUT2D eigenvalue weighted by Crippen LogP contribution is 2.38. The average molecular weight is 1540 g/mol. The zero-order valence-electron chi connectivity index (χ0n) is 64.7. The molecule has 0 atom stereocenters. The van der Waals surface area contributed by atoms with Gasteiger partial charge in [0.2, 0.25) is 0 Å². The molecule has 10 heterocycles. The zero-order valence-corrected chi connectivity index (χ0v) is 64.7. The predicted molar refractivity (Wildman–Crippen MR) is 480 cm³/mol. The van der Waals surface area contributed by atoms with Crippen molar-refractivity contribution in [3.63, 3.8) is 0 Å². The standard InChI is InChI=1S/2C53H35N7/c1-5-16-36(17-6-1)46-33-47(37-18-7-2-8-19-37)58-52(57-46)41-25-15-24-40(30-41)43-31-50(44-26-13-14-29-54-44)56-51(32-43)45-28-27-42(35-55-45)53-59-48(38-20-9-3-10-21-38)34-49(60-53)39-22-11-4-12-23-39;1-5-15-37(16-6-1)46-33-47(38-17-7-2-8-18-38)58-52(57-46)41-26-24-36(25-27-41)43-31-50(44-23-13-14-30-54-44)56-51(32-43)45-29-28-42(35-55-45)53-59-48(39-19-9-3-10-20-39)34-49(60-53)40-21-11-4-12-22-40/h2*1-35H. The molecule has 0 bridgehead atoms. The third kappa shape index (κ3) is 16.7. The smallest absolute Gasteiger partial charge is 0.161 e. The van der Waals surface area contributed by atoms with Crippen LogP contribution in [0.15, 0.2) is 425 Å². The van der Waals surface area contributed by atoms with Crippen LogP contribution in [0.5, 0.6) is 0 Å². The first-order valence-electron chi connectivity index (χ1n) is 39.4. The Morgan fingerprint density at radius 1 is 0.108 bits per heavy atom. The highest BCUT2D eigenvalue weighted by molar-refractivity contribution is 5.83. The molecule has 0 amide bonds. The molecule has 10 aromatic carbocycles. The van der Waals surface area contributed by atoms with Crippen molar-refractivity contribution < 1.29 is 0 Å². The van der Waals surface area contributed by atoms with Crippen LogP contribution in [0.4, 0.5) is 0 Å². The van der Waals surface area contributed by atoms with Crippen molar-refractivity contribution in [2.24, 2.45) is 0 Å². The molecule has 0 radical (unpaired) electrons. The van der Waals surface area contributed by atoms with E-state index in [1.807, 2.05) is 237 Å². The maximum absolute atomic E-state index is 5.10. The third-order valence-corrected chi connectivity index (χ3v) is 20.5. The van der Waals surface area contributed by atoms with Crippen LogP contribution in [-0.2, 0) is 0 Å². The summed E-state index contributed by atoms with van der Waals surface area (Å²) in [5, 5.41) is 0. The summed E-state index contributed by atoms with van der Waals surface area (Å²) in [6.07, 6.45) is 7.22. The molecule has 14 heteroatoms. The van der Waals surface area contributed by atoms with Crippen molar-refractivity contribution in [2.45, 2.75) is 0 Å². The van der Waals surface area contributed by atoms with Crippen molar-refractivity contribution in [1.29, 1.82) is 0 Å². The molecule has 0 saturated heterocycles. The summed E-state index contributed by atoms with van der Waals surface area (Å²) < 4.78 is 0. The molecular formula is C106H70N14. The molecule has 120 heavy (non-hydrogen) atoms. The molecular weight excluding hydrogens is 1470 g/mol. The number of nitrogens with zero attached hydrogens (tertiary/aromatic N) is 14. The second kappa shape index (κ2) is 34.2. The van der Waals surface area contributed by atoms with Gasteiger partial charge >= 0.3 is 0 Å². The van der Waals surface area contributed by atoms with E-state index < -0.39 is 0 Å². The first-order valence-corrected chi connectivity index (χ1v) is 39.4. The van der Waals surface area contributed by atoms with E-state index in [1.54, 1.807) is 12.4 Å². The fourth-order valence-corrected chi connectivity index (χ4v) is 14.3. The minimum absolute atomic E-state index is 0.593. The van der Waals surface area contributed by atoms with Gasteiger partial charge < -0.3 is 0 Å². The third-order valence-electron chi connectivity index (χ3n) is 20.5. The zero-order chi connectivity index (χ0) is 80.2. The fraction of sp³-hybridized carbons (Fsp3) is 0. The van der Waals surface area contributed by atoms with Crippen molar-refractivity contribution in [3.05, 3.63) is 425 Å². The van der Waals surface area contributed by atoms with Gasteiger partial charge in [0.25, 0.3) is 0 Å². The molecule has 0 spiro atoms. The molecule has 564 valence electrons. The van der Waals surface area contributed by atoms with E-state index in [9.17, 15) is 0 Å². The lowest BCUT2D eigenvalue weighted by atomic mass is 10.00. The van der Waals surface area contributed by atoms with Crippen molar-refractivity contribution in [3.8, 4) is 203 Å². The van der Waals surface area contributed by atoms with Gasteiger partial charge in [0, 0.05) is 91.5 Å². The first-order chi connectivity index (χ1) is 59.4. The maximum atomic E-state index is 5.10. The Balaban J connectivity index is 0.000000159. The van der Waals surface area contributed by atoms with E-state index in [4.69, 9.17) is 59.8 Å². The van der Waals surface area contributed by atoms with E-state index in [1.165, 1.54) is 0 Å². The molecule has 20 aromatic rings. The first kappa shape index (κ1) is 73.6. The van der Waals surface area contributed by atoms with Crippen LogP contribution >= 0.6 is 0 Å². The van der Waals surface area contributed by atoms with Gasteiger partial charge in [-0.3, -0.25) is 19.9 Å². The molecule has 0 N–H and O–H groups in total.